The summed E-state index contributed by atoms with van der Waals surface area (Å²) in [4.78, 5) is 36.4. The number of benzene rings is 1. The Hall–Kier alpha value is -3.16. The minimum atomic E-state index is -0.807. The quantitative estimate of drug-likeness (QED) is 0.464. The van der Waals surface area contributed by atoms with Gasteiger partial charge < -0.3 is 15.8 Å². The number of nitrogens with two attached hydrogens (primary N) is 1. The zero-order chi connectivity index (χ0) is 20.6. The smallest absolute Gasteiger partial charge is 0.338 e. The number of dihydropyridines is 1. The minimum absolute atomic E-state index is 0.106. The third-order valence-corrected chi connectivity index (χ3v) is 4.98. The predicted molar refractivity (Wildman–Crippen MR) is 102 cm³/mol. The molecule has 1 heterocycles. The van der Waals surface area contributed by atoms with E-state index >= 15 is 0 Å². The molecule has 0 saturated carbocycles. The fourth-order valence-electron chi connectivity index (χ4n) is 3.90. The summed E-state index contributed by atoms with van der Waals surface area (Å²) in [5, 5.41) is 14.2. The molecule has 3 rings (SSSR count). The van der Waals surface area contributed by atoms with Crippen LogP contribution in [-0.2, 0) is 14.3 Å². The summed E-state index contributed by atoms with van der Waals surface area (Å²) in [5.41, 5.74) is 7.44. The SMILES string of the molecule is CCOC(=O)C1=C(N)NC2=C(C(=O)CC(C)(C)C2)C1c1cccc([N+](=O)[O-])c1. The maximum Gasteiger partial charge on any atom is 0.338 e. The molecule has 0 bridgehead atoms. The summed E-state index contributed by atoms with van der Waals surface area (Å²) < 4.78 is 5.15. The molecule has 28 heavy (non-hydrogen) atoms. The van der Waals surface area contributed by atoms with Gasteiger partial charge >= 0.3 is 5.97 Å². The van der Waals surface area contributed by atoms with Gasteiger partial charge in [0.25, 0.3) is 5.69 Å². The van der Waals surface area contributed by atoms with Crippen LogP contribution < -0.4 is 11.1 Å². The lowest BCUT2D eigenvalue weighted by Gasteiger charge is -2.39. The van der Waals surface area contributed by atoms with Crippen molar-refractivity contribution in [2.45, 2.75) is 39.5 Å². The number of Topliss-reactive ketones (excluding diaryl/α,β-unsaturated/α-hetero) is 1. The number of hydrogen-bond acceptors (Lipinski definition) is 7. The molecule has 1 aromatic carbocycles. The molecule has 0 saturated heterocycles. The number of ketones is 1. The lowest BCUT2D eigenvalue weighted by molar-refractivity contribution is -0.384. The average Bonchev–Trinajstić information content (AvgIpc) is 2.59. The van der Waals surface area contributed by atoms with Crippen molar-refractivity contribution in [2.75, 3.05) is 6.61 Å². The third-order valence-electron chi connectivity index (χ3n) is 4.98. The first-order valence-electron chi connectivity index (χ1n) is 9.09. The van der Waals surface area contributed by atoms with Crippen LogP contribution in [0.3, 0.4) is 0 Å². The van der Waals surface area contributed by atoms with Gasteiger partial charge in [-0.15, -0.1) is 0 Å². The van der Waals surface area contributed by atoms with Crippen molar-refractivity contribution in [3.8, 4) is 0 Å². The van der Waals surface area contributed by atoms with Gasteiger partial charge in [0.05, 0.1) is 23.0 Å². The highest BCUT2D eigenvalue weighted by molar-refractivity contribution is 6.04. The van der Waals surface area contributed by atoms with Gasteiger partial charge in [0.1, 0.15) is 5.82 Å². The fourth-order valence-corrected chi connectivity index (χ4v) is 3.90. The van der Waals surface area contributed by atoms with Gasteiger partial charge in [-0.05, 0) is 24.3 Å². The topological polar surface area (TPSA) is 125 Å². The summed E-state index contributed by atoms with van der Waals surface area (Å²) in [6, 6.07) is 5.93. The van der Waals surface area contributed by atoms with Crippen LogP contribution in [0.1, 0.15) is 45.1 Å². The number of nitro benzene ring substituents is 1. The van der Waals surface area contributed by atoms with E-state index < -0.39 is 16.8 Å². The standard InChI is InChI=1S/C20H23N3O5/c1-4-28-19(25)17-15(11-6-5-7-12(8-11)23(26)27)16-13(22-18(17)21)9-20(2,3)10-14(16)24/h5-8,15,22H,4,9-10,21H2,1-3H3. The average molecular weight is 385 g/mol. The molecule has 0 amide bonds. The molecule has 0 radical (unpaired) electrons. The number of nitrogens with one attached hydrogen (secondary N) is 1. The normalized spacial score (nSPS) is 21.1. The van der Waals surface area contributed by atoms with E-state index in [1.807, 2.05) is 13.8 Å². The molecule has 3 N–H and O–H groups in total. The summed E-state index contributed by atoms with van der Waals surface area (Å²) in [6.45, 7) is 5.79. The van der Waals surface area contributed by atoms with Gasteiger partial charge in [-0.1, -0.05) is 26.0 Å². The van der Waals surface area contributed by atoms with Gasteiger partial charge in [0.2, 0.25) is 0 Å². The Morgan fingerprint density at radius 1 is 1.39 bits per heavy atom. The van der Waals surface area contributed by atoms with E-state index in [0.29, 0.717) is 29.7 Å². The maximum atomic E-state index is 13.0. The van der Waals surface area contributed by atoms with Crippen LogP contribution >= 0.6 is 0 Å². The van der Waals surface area contributed by atoms with Crippen molar-refractivity contribution < 1.29 is 19.2 Å². The summed E-state index contributed by atoms with van der Waals surface area (Å²) in [5.74, 6) is -1.45. The predicted octanol–water partition coefficient (Wildman–Crippen LogP) is 2.66. The molecule has 0 spiro atoms. The number of hydrogen-bond donors (Lipinski definition) is 2. The Balaban J connectivity index is 2.21. The second kappa shape index (κ2) is 7.10. The largest absolute Gasteiger partial charge is 0.463 e. The van der Waals surface area contributed by atoms with E-state index in [1.165, 1.54) is 18.2 Å². The number of non-ortho nitro benzene ring substituents is 1. The van der Waals surface area contributed by atoms with Gasteiger partial charge in [0, 0.05) is 29.8 Å². The zero-order valence-electron chi connectivity index (χ0n) is 16.1. The highest BCUT2D eigenvalue weighted by Gasteiger charge is 2.43. The van der Waals surface area contributed by atoms with Crippen molar-refractivity contribution in [2.24, 2.45) is 11.1 Å². The van der Waals surface area contributed by atoms with Crippen molar-refractivity contribution in [3.05, 3.63) is 62.6 Å². The molecule has 0 fully saturated rings. The van der Waals surface area contributed by atoms with Gasteiger partial charge in [-0.2, -0.15) is 0 Å². The second-order valence-electron chi connectivity index (χ2n) is 7.79. The van der Waals surface area contributed by atoms with Crippen LogP contribution in [0.4, 0.5) is 5.69 Å². The van der Waals surface area contributed by atoms with Crippen LogP contribution in [0.5, 0.6) is 0 Å². The number of allylic oxidation sites excluding steroid dienone is 2. The first-order chi connectivity index (χ1) is 13.1. The molecule has 1 unspecified atom stereocenters. The third kappa shape index (κ3) is 3.49. The van der Waals surface area contributed by atoms with E-state index in [1.54, 1.807) is 13.0 Å². The molecule has 1 atom stereocenters. The summed E-state index contributed by atoms with van der Waals surface area (Å²) in [7, 11) is 0. The number of esters is 1. The van der Waals surface area contributed by atoms with Crippen LogP contribution in [0.2, 0.25) is 0 Å². The summed E-state index contributed by atoms with van der Waals surface area (Å²) in [6.07, 6.45) is 0.894. The molecule has 0 aromatic heterocycles. The molecular formula is C20H23N3O5. The lowest BCUT2D eigenvalue weighted by Crippen LogP contribution is -2.41. The number of nitrogens with zero attached hydrogens (tertiary/aromatic N) is 1. The summed E-state index contributed by atoms with van der Waals surface area (Å²) >= 11 is 0. The monoisotopic (exact) mass is 385 g/mol. The molecule has 8 nitrogen and oxygen atoms in total. The maximum absolute atomic E-state index is 13.0. The Kier molecular flexibility index (Phi) is 4.97. The van der Waals surface area contributed by atoms with E-state index in [0.717, 1.165) is 0 Å². The molecule has 8 heteroatoms. The lowest BCUT2D eigenvalue weighted by atomic mass is 9.69. The number of nitro groups is 1. The van der Waals surface area contributed by atoms with Crippen molar-refractivity contribution in [1.29, 1.82) is 0 Å². The van der Waals surface area contributed by atoms with Gasteiger partial charge in [0.15, 0.2) is 5.78 Å². The Bertz CT molecular complexity index is 930. The number of ether oxygens (including phenoxy) is 1. The van der Waals surface area contributed by atoms with Crippen LogP contribution in [0.25, 0.3) is 0 Å². The van der Waals surface area contributed by atoms with Crippen molar-refractivity contribution in [1.82, 2.24) is 5.32 Å². The molecule has 1 aliphatic heterocycles. The van der Waals surface area contributed by atoms with E-state index in [2.05, 4.69) is 5.32 Å². The number of carbonyl (C=O) groups is 2. The van der Waals surface area contributed by atoms with E-state index in [9.17, 15) is 19.7 Å². The fraction of sp³-hybridized carbons (Fsp3) is 0.400. The number of rotatable bonds is 4. The number of carbonyl (C=O) groups excluding carboxylic acids is 2. The van der Waals surface area contributed by atoms with Crippen molar-refractivity contribution >= 4 is 17.4 Å². The zero-order valence-corrected chi connectivity index (χ0v) is 16.1. The molecule has 2 aliphatic rings. The van der Waals surface area contributed by atoms with Gasteiger partial charge in [-0.25, -0.2) is 4.79 Å². The van der Waals surface area contributed by atoms with Crippen LogP contribution in [-0.4, -0.2) is 23.3 Å². The molecule has 148 valence electrons. The first-order valence-corrected chi connectivity index (χ1v) is 9.09. The minimum Gasteiger partial charge on any atom is -0.463 e. The highest BCUT2D eigenvalue weighted by atomic mass is 16.6. The molecular weight excluding hydrogens is 362 g/mol. The molecule has 1 aromatic rings. The Morgan fingerprint density at radius 2 is 2.11 bits per heavy atom. The van der Waals surface area contributed by atoms with E-state index in [4.69, 9.17) is 10.5 Å². The van der Waals surface area contributed by atoms with E-state index in [-0.39, 0.29) is 34.9 Å². The van der Waals surface area contributed by atoms with Gasteiger partial charge in [-0.3, -0.25) is 14.9 Å². The molecule has 1 aliphatic carbocycles. The second-order valence-corrected chi connectivity index (χ2v) is 7.79. The highest BCUT2D eigenvalue weighted by Crippen LogP contribution is 2.46. The van der Waals surface area contributed by atoms with Crippen LogP contribution in [0, 0.1) is 15.5 Å². The van der Waals surface area contributed by atoms with Crippen molar-refractivity contribution in [3.63, 3.8) is 0 Å². The Morgan fingerprint density at radius 3 is 2.75 bits per heavy atom. The first kappa shape index (κ1) is 19.6. The Labute approximate surface area is 162 Å². The van der Waals surface area contributed by atoms with Crippen LogP contribution in [0.15, 0.2) is 46.9 Å².